The van der Waals surface area contributed by atoms with E-state index in [-0.39, 0.29) is 5.91 Å². The lowest BCUT2D eigenvalue weighted by molar-refractivity contribution is 0.100. The van der Waals surface area contributed by atoms with Crippen molar-refractivity contribution in [2.45, 2.75) is 25.3 Å². The Balaban J connectivity index is 2.11. The summed E-state index contributed by atoms with van der Waals surface area (Å²) >= 11 is 0. The molecular formula is C12H16N2O. The molecule has 3 N–H and O–H groups in total. The fourth-order valence-electron chi connectivity index (χ4n) is 2.02. The third kappa shape index (κ3) is 2.36. The van der Waals surface area contributed by atoms with Crippen LogP contribution >= 0.6 is 0 Å². The molecule has 1 aliphatic heterocycles. The summed E-state index contributed by atoms with van der Waals surface area (Å²) in [4.78, 5) is 10.9. The Morgan fingerprint density at radius 1 is 1.27 bits per heavy atom. The standard InChI is InChI=1S/C12H16N2O/c13-12(15)10-6-4-9(5-7-10)11-3-1-2-8-14-11/h4-7,11,14H,1-3,8H2,(H2,13,15)/t11-/m0/s1. The van der Waals surface area contributed by atoms with E-state index in [4.69, 9.17) is 5.73 Å². The van der Waals surface area contributed by atoms with Gasteiger partial charge in [0.15, 0.2) is 0 Å². The molecule has 3 nitrogen and oxygen atoms in total. The highest BCUT2D eigenvalue weighted by molar-refractivity contribution is 5.92. The van der Waals surface area contributed by atoms with Crippen LogP contribution in [0.3, 0.4) is 0 Å². The third-order valence-corrected chi connectivity index (χ3v) is 2.91. The summed E-state index contributed by atoms with van der Waals surface area (Å²) in [7, 11) is 0. The molecule has 15 heavy (non-hydrogen) atoms. The first-order valence-corrected chi connectivity index (χ1v) is 5.40. The molecule has 3 heteroatoms. The Kier molecular flexibility index (Phi) is 3.02. The van der Waals surface area contributed by atoms with Gasteiger partial charge in [0.05, 0.1) is 0 Å². The SMILES string of the molecule is NC(=O)c1ccc([C@@H]2CCCCN2)cc1. The van der Waals surface area contributed by atoms with Crippen molar-refractivity contribution in [3.63, 3.8) is 0 Å². The molecule has 1 amide bonds. The molecule has 0 aliphatic carbocycles. The molecule has 1 aliphatic rings. The van der Waals surface area contributed by atoms with E-state index in [0.29, 0.717) is 11.6 Å². The Morgan fingerprint density at radius 2 is 2.00 bits per heavy atom. The summed E-state index contributed by atoms with van der Waals surface area (Å²) < 4.78 is 0. The van der Waals surface area contributed by atoms with Gasteiger partial charge in [0.2, 0.25) is 5.91 Å². The summed E-state index contributed by atoms with van der Waals surface area (Å²) in [5.74, 6) is -0.363. The van der Waals surface area contributed by atoms with E-state index < -0.39 is 0 Å². The highest BCUT2D eigenvalue weighted by Gasteiger charge is 2.14. The second-order valence-electron chi connectivity index (χ2n) is 3.99. The van der Waals surface area contributed by atoms with Gasteiger partial charge >= 0.3 is 0 Å². The fraction of sp³-hybridized carbons (Fsp3) is 0.417. The number of carbonyl (C=O) groups excluding carboxylic acids is 1. The maximum atomic E-state index is 10.9. The van der Waals surface area contributed by atoms with Crippen LogP contribution in [-0.4, -0.2) is 12.5 Å². The Labute approximate surface area is 89.7 Å². The summed E-state index contributed by atoms with van der Waals surface area (Å²) in [6.45, 7) is 1.09. The van der Waals surface area contributed by atoms with Gasteiger partial charge in [-0.15, -0.1) is 0 Å². The number of nitrogens with two attached hydrogens (primary N) is 1. The summed E-state index contributed by atoms with van der Waals surface area (Å²) in [6.07, 6.45) is 3.71. The number of rotatable bonds is 2. The largest absolute Gasteiger partial charge is 0.366 e. The second kappa shape index (κ2) is 4.45. The van der Waals surface area contributed by atoms with Gasteiger partial charge in [-0.05, 0) is 37.1 Å². The van der Waals surface area contributed by atoms with E-state index in [1.54, 1.807) is 12.1 Å². The molecule has 0 spiro atoms. The van der Waals surface area contributed by atoms with Crippen molar-refractivity contribution in [3.05, 3.63) is 35.4 Å². The van der Waals surface area contributed by atoms with Gasteiger partial charge < -0.3 is 11.1 Å². The number of piperidine rings is 1. The number of benzene rings is 1. The smallest absolute Gasteiger partial charge is 0.248 e. The van der Waals surface area contributed by atoms with Gasteiger partial charge in [0, 0.05) is 11.6 Å². The summed E-state index contributed by atoms with van der Waals surface area (Å²) in [5.41, 5.74) is 7.02. The molecule has 2 rings (SSSR count). The minimum Gasteiger partial charge on any atom is -0.366 e. The van der Waals surface area contributed by atoms with Crippen LogP contribution in [0.1, 0.15) is 41.2 Å². The molecule has 80 valence electrons. The molecular weight excluding hydrogens is 188 g/mol. The van der Waals surface area contributed by atoms with Crippen molar-refractivity contribution < 1.29 is 4.79 Å². The topological polar surface area (TPSA) is 55.1 Å². The quantitative estimate of drug-likeness (QED) is 0.768. The van der Waals surface area contributed by atoms with Crippen molar-refractivity contribution in [1.82, 2.24) is 5.32 Å². The zero-order chi connectivity index (χ0) is 10.7. The molecule has 1 aromatic rings. The van der Waals surface area contributed by atoms with Gasteiger partial charge in [-0.25, -0.2) is 0 Å². The lowest BCUT2D eigenvalue weighted by Gasteiger charge is -2.23. The molecule has 0 saturated carbocycles. The van der Waals surface area contributed by atoms with Crippen molar-refractivity contribution in [3.8, 4) is 0 Å². The highest BCUT2D eigenvalue weighted by Crippen LogP contribution is 2.22. The average molecular weight is 204 g/mol. The molecule has 0 unspecified atom stereocenters. The van der Waals surface area contributed by atoms with Gasteiger partial charge in [-0.2, -0.15) is 0 Å². The van der Waals surface area contributed by atoms with Gasteiger partial charge in [-0.1, -0.05) is 18.6 Å². The molecule has 0 radical (unpaired) electrons. The van der Waals surface area contributed by atoms with Gasteiger partial charge in [0.1, 0.15) is 0 Å². The Hall–Kier alpha value is -1.35. The second-order valence-corrected chi connectivity index (χ2v) is 3.99. The normalized spacial score (nSPS) is 21.2. The van der Waals surface area contributed by atoms with E-state index in [1.165, 1.54) is 24.8 Å². The van der Waals surface area contributed by atoms with E-state index in [1.807, 2.05) is 12.1 Å². The highest BCUT2D eigenvalue weighted by atomic mass is 16.1. The molecule has 1 heterocycles. The monoisotopic (exact) mass is 204 g/mol. The first kappa shape index (κ1) is 10.2. The van der Waals surface area contributed by atoms with Crippen molar-refractivity contribution in [2.75, 3.05) is 6.54 Å². The molecule has 0 aromatic heterocycles. The third-order valence-electron chi connectivity index (χ3n) is 2.91. The lowest BCUT2D eigenvalue weighted by Crippen LogP contribution is -2.26. The van der Waals surface area contributed by atoms with E-state index in [9.17, 15) is 4.79 Å². The van der Waals surface area contributed by atoms with Crippen LogP contribution in [-0.2, 0) is 0 Å². The maximum absolute atomic E-state index is 10.9. The number of amides is 1. The van der Waals surface area contributed by atoms with Crippen LogP contribution in [0.4, 0.5) is 0 Å². The van der Waals surface area contributed by atoms with Crippen LogP contribution in [0, 0.1) is 0 Å². The maximum Gasteiger partial charge on any atom is 0.248 e. The van der Waals surface area contributed by atoms with Crippen LogP contribution < -0.4 is 11.1 Å². The van der Waals surface area contributed by atoms with Crippen molar-refractivity contribution >= 4 is 5.91 Å². The fourth-order valence-corrected chi connectivity index (χ4v) is 2.02. The van der Waals surface area contributed by atoms with Crippen molar-refractivity contribution in [2.24, 2.45) is 5.73 Å². The number of hydrogen-bond donors (Lipinski definition) is 2. The van der Waals surface area contributed by atoms with Crippen LogP contribution in [0.5, 0.6) is 0 Å². The molecule has 1 aromatic carbocycles. The molecule has 1 saturated heterocycles. The van der Waals surface area contributed by atoms with Crippen LogP contribution in [0.2, 0.25) is 0 Å². The number of carbonyl (C=O) groups is 1. The number of nitrogens with one attached hydrogen (secondary N) is 1. The minimum atomic E-state index is -0.363. The molecule has 1 atom stereocenters. The lowest BCUT2D eigenvalue weighted by atomic mass is 9.97. The first-order chi connectivity index (χ1) is 7.27. The predicted molar refractivity (Wildman–Crippen MR) is 59.6 cm³/mol. The van der Waals surface area contributed by atoms with Crippen LogP contribution in [0.25, 0.3) is 0 Å². The van der Waals surface area contributed by atoms with Gasteiger partial charge in [0.25, 0.3) is 0 Å². The van der Waals surface area contributed by atoms with Crippen LogP contribution in [0.15, 0.2) is 24.3 Å². The predicted octanol–water partition coefficient (Wildman–Crippen LogP) is 1.60. The minimum absolute atomic E-state index is 0.363. The van der Waals surface area contributed by atoms with E-state index in [2.05, 4.69) is 5.32 Å². The van der Waals surface area contributed by atoms with E-state index >= 15 is 0 Å². The molecule has 0 bridgehead atoms. The first-order valence-electron chi connectivity index (χ1n) is 5.40. The average Bonchev–Trinajstić information content (AvgIpc) is 2.30. The Bertz CT molecular complexity index is 339. The summed E-state index contributed by atoms with van der Waals surface area (Å²) in [5, 5.41) is 3.47. The van der Waals surface area contributed by atoms with Crippen molar-refractivity contribution in [1.29, 1.82) is 0 Å². The number of hydrogen-bond acceptors (Lipinski definition) is 2. The Morgan fingerprint density at radius 3 is 2.53 bits per heavy atom. The van der Waals surface area contributed by atoms with Gasteiger partial charge in [-0.3, -0.25) is 4.79 Å². The zero-order valence-electron chi connectivity index (χ0n) is 8.70. The summed E-state index contributed by atoms with van der Waals surface area (Å²) in [6, 6.07) is 8.02. The number of primary amides is 1. The zero-order valence-corrected chi connectivity index (χ0v) is 8.70. The van der Waals surface area contributed by atoms with E-state index in [0.717, 1.165) is 6.54 Å². The molecule has 1 fully saturated rings.